The lowest BCUT2D eigenvalue weighted by molar-refractivity contribution is -0.133. The van der Waals surface area contributed by atoms with Crippen LogP contribution in [-0.4, -0.2) is 53.9 Å². The van der Waals surface area contributed by atoms with Crippen LogP contribution in [0.1, 0.15) is 25.0 Å². The van der Waals surface area contributed by atoms with Crippen molar-refractivity contribution < 1.29 is 13.9 Å². The number of rotatable bonds is 3. The number of aromatic nitrogens is 2. The molecule has 0 bridgehead atoms. The Bertz CT molecular complexity index is 642. The number of piperidine rings is 1. The normalized spacial score (nSPS) is 27.9. The molecule has 1 amide bonds. The highest BCUT2D eigenvalue weighted by molar-refractivity contribution is 5.85. The summed E-state index contributed by atoms with van der Waals surface area (Å²) < 4.78 is 19.4. The van der Waals surface area contributed by atoms with Crippen LogP contribution in [0.25, 0.3) is 0 Å². The zero-order chi connectivity index (χ0) is 16.4. The van der Waals surface area contributed by atoms with Crippen LogP contribution in [0.3, 0.4) is 0 Å². The molecule has 126 valence electrons. The lowest BCUT2D eigenvalue weighted by atomic mass is 10.0. The first-order valence-corrected chi connectivity index (χ1v) is 7.87. The van der Waals surface area contributed by atoms with Crippen LogP contribution >= 0.6 is 0 Å². The highest BCUT2D eigenvalue weighted by Gasteiger charge is 2.43. The summed E-state index contributed by atoms with van der Waals surface area (Å²) in [5, 5.41) is 2.77. The summed E-state index contributed by atoms with van der Waals surface area (Å²) in [4.78, 5) is 32.7. The number of anilines is 1. The topological polar surface area (TPSA) is 87.3 Å². The zero-order valence-corrected chi connectivity index (χ0v) is 13.1. The summed E-state index contributed by atoms with van der Waals surface area (Å²) in [6, 6.07) is 1.26. The Kier molecular flexibility index (Phi) is 4.34. The second kappa shape index (κ2) is 6.27. The molecule has 2 atom stereocenters. The maximum Gasteiger partial charge on any atom is 0.260 e. The largest absolute Gasteiger partial charge is 0.377 e. The average molecular weight is 324 g/mol. The average Bonchev–Trinajstić information content (AvgIpc) is 2.95. The Labute approximate surface area is 133 Å². The predicted molar refractivity (Wildman–Crippen MR) is 82.2 cm³/mol. The Balaban J connectivity index is 1.66. The van der Waals surface area contributed by atoms with Gasteiger partial charge < -0.3 is 15.0 Å². The van der Waals surface area contributed by atoms with Gasteiger partial charge in [0.15, 0.2) is 0 Å². The summed E-state index contributed by atoms with van der Waals surface area (Å²) >= 11 is 0. The minimum atomic E-state index is -1.92. The van der Waals surface area contributed by atoms with Gasteiger partial charge in [0.05, 0.1) is 13.2 Å². The van der Waals surface area contributed by atoms with E-state index in [0.717, 1.165) is 19.4 Å². The van der Waals surface area contributed by atoms with Crippen molar-refractivity contribution in [2.45, 2.75) is 37.9 Å². The number of carbonyl (C=O) groups excluding carboxylic acids is 1. The quantitative estimate of drug-likeness (QED) is 0.834. The van der Waals surface area contributed by atoms with Gasteiger partial charge in [0, 0.05) is 37.3 Å². The first kappa shape index (κ1) is 15.9. The number of halogens is 1. The zero-order valence-electron chi connectivity index (χ0n) is 13.1. The van der Waals surface area contributed by atoms with Crippen LogP contribution in [-0.2, 0) is 9.53 Å². The van der Waals surface area contributed by atoms with Gasteiger partial charge in [0.25, 0.3) is 11.5 Å². The van der Waals surface area contributed by atoms with Crippen molar-refractivity contribution in [1.82, 2.24) is 15.3 Å². The van der Waals surface area contributed by atoms with Crippen LogP contribution in [0.2, 0.25) is 0 Å². The fourth-order valence-electron chi connectivity index (χ4n) is 3.03. The monoisotopic (exact) mass is 324 g/mol. The van der Waals surface area contributed by atoms with Crippen molar-refractivity contribution in [2.24, 2.45) is 0 Å². The minimum absolute atomic E-state index is 0.0992. The lowest BCUT2D eigenvalue weighted by Crippen LogP contribution is -2.53. The Hall–Kier alpha value is -1.96. The number of aromatic amines is 1. The molecule has 23 heavy (non-hydrogen) atoms. The summed E-state index contributed by atoms with van der Waals surface area (Å²) in [6.07, 6.45) is 1.70. The van der Waals surface area contributed by atoms with Crippen molar-refractivity contribution in [2.75, 3.05) is 31.2 Å². The number of hydrogen-bond donors (Lipinski definition) is 2. The van der Waals surface area contributed by atoms with Crippen LogP contribution in [0, 0.1) is 6.92 Å². The Morgan fingerprint density at radius 3 is 3.13 bits per heavy atom. The molecule has 0 aromatic carbocycles. The molecule has 0 spiro atoms. The van der Waals surface area contributed by atoms with Crippen LogP contribution < -0.4 is 15.8 Å². The second-order valence-electron chi connectivity index (χ2n) is 6.24. The number of nitrogens with one attached hydrogen (secondary N) is 2. The Morgan fingerprint density at radius 1 is 1.61 bits per heavy atom. The molecule has 2 aliphatic heterocycles. The fourth-order valence-corrected chi connectivity index (χ4v) is 3.03. The van der Waals surface area contributed by atoms with Crippen LogP contribution in [0.5, 0.6) is 0 Å². The van der Waals surface area contributed by atoms with Gasteiger partial charge in [0.1, 0.15) is 0 Å². The number of amides is 1. The van der Waals surface area contributed by atoms with E-state index >= 15 is 0 Å². The molecule has 8 heteroatoms. The molecule has 2 N–H and O–H groups in total. The van der Waals surface area contributed by atoms with Crippen molar-refractivity contribution in [3.05, 3.63) is 22.1 Å². The fraction of sp³-hybridized carbons (Fsp3) is 0.667. The van der Waals surface area contributed by atoms with E-state index in [0.29, 0.717) is 18.2 Å². The van der Waals surface area contributed by atoms with E-state index < -0.39 is 11.6 Å². The molecule has 0 saturated carbocycles. The maximum absolute atomic E-state index is 14.4. The number of alkyl halides is 1. The van der Waals surface area contributed by atoms with Gasteiger partial charge in [-0.3, -0.25) is 14.6 Å². The SMILES string of the molecule is Cc1cc(=O)[nH]c(N2CCCC(NC(=O)C3(F)CCOC3)C2)n1. The van der Waals surface area contributed by atoms with Gasteiger partial charge in [0.2, 0.25) is 11.6 Å². The second-order valence-corrected chi connectivity index (χ2v) is 6.24. The van der Waals surface area contributed by atoms with Crippen molar-refractivity contribution >= 4 is 11.9 Å². The maximum atomic E-state index is 14.4. The molecule has 1 aromatic rings. The smallest absolute Gasteiger partial charge is 0.260 e. The van der Waals surface area contributed by atoms with E-state index in [4.69, 9.17) is 4.74 Å². The third-order valence-electron chi connectivity index (χ3n) is 4.29. The van der Waals surface area contributed by atoms with Gasteiger partial charge in [-0.15, -0.1) is 0 Å². The van der Waals surface area contributed by atoms with E-state index in [1.165, 1.54) is 6.07 Å². The molecule has 2 saturated heterocycles. The number of carbonyl (C=O) groups is 1. The number of hydrogen-bond acceptors (Lipinski definition) is 5. The number of nitrogens with zero attached hydrogens (tertiary/aromatic N) is 2. The predicted octanol–water partition coefficient (Wildman–Crippen LogP) is 0.292. The molecule has 2 unspecified atom stereocenters. The number of ether oxygens (including phenoxy) is 1. The molecular formula is C15H21FN4O3. The van der Waals surface area contributed by atoms with Crippen molar-refractivity contribution in [1.29, 1.82) is 0 Å². The molecular weight excluding hydrogens is 303 g/mol. The third kappa shape index (κ3) is 3.52. The van der Waals surface area contributed by atoms with Gasteiger partial charge in [-0.2, -0.15) is 0 Å². The Morgan fingerprint density at radius 2 is 2.43 bits per heavy atom. The first-order valence-electron chi connectivity index (χ1n) is 7.87. The molecule has 2 fully saturated rings. The van der Waals surface area contributed by atoms with Gasteiger partial charge in [-0.1, -0.05) is 0 Å². The minimum Gasteiger partial charge on any atom is -0.377 e. The summed E-state index contributed by atoms with van der Waals surface area (Å²) in [5.74, 6) is -0.111. The molecule has 2 aliphatic rings. The van der Waals surface area contributed by atoms with E-state index in [1.54, 1.807) is 6.92 Å². The van der Waals surface area contributed by atoms with Crippen molar-refractivity contribution in [3.8, 4) is 0 Å². The summed E-state index contributed by atoms with van der Waals surface area (Å²) in [6.45, 7) is 3.09. The third-order valence-corrected chi connectivity index (χ3v) is 4.29. The van der Waals surface area contributed by atoms with Gasteiger partial charge in [-0.05, 0) is 19.8 Å². The molecule has 1 aromatic heterocycles. The number of aryl methyl sites for hydroxylation is 1. The molecule has 0 radical (unpaired) electrons. The number of H-pyrrole nitrogens is 1. The molecule has 3 rings (SSSR count). The standard InChI is InChI=1S/C15H21FN4O3/c1-10-7-12(21)19-14(17-10)20-5-2-3-11(8-20)18-13(22)15(16)4-6-23-9-15/h7,11H,2-6,8-9H2,1H3,(H,18,22)(H,17,19,21). The lowest BCUT2D eigenvalue weighted by Gasteiger charge is -2.34. The molecule has 3 heterocycles. The summed E-state index contributed by atoms with van der Waals surface area (Å²) in [5.41, 5.74) is -1.48. The van der Waals surface area contributed by atoms with Gasteiger partial charge in [-0.25, -0.2) is 9.37 Å². The van der Waals surface area contributed by atoms with E-state index in [1.807, 2.05) is 4.90 Å². The molecule has 0 aliphatic carbocycles. The summed E-state index contributed by atoms with van der Waals surface area (Å²) in [7, 11) is 0. The van der Waals surface area contributed by atoms with E-state index in [-0.39, 0.29) is 31.2 Å². The highest BCUT2D eigenvalue weighted by atomic mass is 19.1. The van der Waals surface area contributed by atoms with Crippen LogP contribution in [0.4, 0.5) is 10.3 Å². The van der Waals surface area contributed by atoms with E-state index in [2.05, 4.69) is 15.3 Å². The molecule has 7 nitrogen and oxygen atoms in total. The first-order chi connectivity index (χ1) is 11.0. The van der Waals surface area contributed by atoms with E-state index in [9.17, 15) is 14.0 Å². The van der Waals surface area contributed by atoms with Crippen LogP contribution in [0.15, 0.2) is 10.9 Å². The van der Waals surface area contributed by atoms with Crippen molar-refractivity contribution in [3.63, 3.8) is 0 Å². The highest BCUT2D eigenvalue weighted by Crippen LogP contribution is 2.24. The van der Waals surface area contributed by atoms with Gasteiger partial charge >= 0.3 is 0 Å².